The van der Waals surface area contributed by atoms with Gasteiger partial charge in [-0.05, 0) is 51.1 Å². The van der Waals surface area contributed by atoms with Crippen molar-refractivity contribution < 1.29 is 22.3 Å². The summed E-state index contributed by atoms with van der Waals surface area (Å²) in [7, 11) is 0. The molecule has 0 bridgehead atoms. The Bertz CT molecular complexity index is 1030. The van der Waals surface area contributed by atoms with Gasteiger partial charge in [0.1, 0.15) is 17.4 Å². The molecule has 0 aliphatic carbocycles. The topological polar surface area (TPSA) is 59.1 Å². The first-order valence-electron chi connectivity index (χ1n) is 9.03. The maximum Gasteiger partial charge on any atom is 0.573 e. The van der Waals surface area contributed by atoms with Crippen LogP contribution in [0, 0.1) is 5.82 Å². The van der Waals surface area contributed by atoms with Crippen LogP contribution < -0.4 is 15.4 Å². The summed E-state index contributed by atoms with van der Waals surface area (Å²) in [5, 5.41) is 6.13. The second kappa shape index (κ2) is 8.17. The Hall–Kier alpha value is -3.36. The highest BCUT2D eigenvalue weighted by atomic mass is 19.4. The summed E-state index contributed by atoms with van der Waals surface area (Å²) in [5.41, 5.74) is 0.868. The predicted octanol–water partition coefficient (Wildman–Crippen LogP) is 6.14. The van der Waals surface area contributed by atoms with Gasteiger partial charge >= 0.3 is 6.36 Å². The molecule has 2 N–H and O–H groups in total. The summed E-state index contributed by atoms with van der Waals surface area (Å²) in [6, 6.07) is 12.9. The van der Waals surface area contributed by atoms with Gasteiger partial charge in [0.05, 0.1) is 5.69 Å². The van der Waals surface area contributed by atoms with E-state index < -0.39 is 12.2 Å². The fourth-order valence-electron chi connectivity index (χ4n) is 2.62. The van der Waals surface area contributed by atoms with Crippen LogP contribution in [0.1, 0.15) is 20.8 Å². The molecule has 1 aromatic heterocycles. The molecule has 0 saturated heterocycles. The molecule has 2 aromatic carbocycles. The maximum absolute atomic E-state index is 13.5. The highest BCUT2D eigenvalue weighted by Gasteiger charge is 2.31. The van der Waals surface area contributed by atoms with Crippen LogP contribution in [0.25, 0.3) is 11.3 Å². The number of nitrogens with zero attached hydrogens (tertiary/aromatic N) is 2. The Labute approximate surface area is 171 Å². The molecule has 1 heterocycles. The summed E-state index contributed by atoms with van der Waals surface area (Å²) in [6.45, 7) is 5.75. The molecule has 30 heavy (non-hydrogen) atoms. The van der Waals surface area contributed by atoms with Crippen LogP contribution in [-0.4, -0.2) is 21.9 Å². The molecule has 9 heteroatoms. The lowest BCUT2D eigenvalue weighted by atomic mass is 10.1. The smallest absolute Gasteiger partial charge is 0.406 e. The van der Waals surface area contributed by atoms with Crippen molar-refractivity contribution in [1.82, 2.24) is 9.97 Å². The van der Waals surface area contributed by atoms with Crippen LogP contribution in [0.3, 0.4) is 0 Å². The number of ether oxygens (including phenoxy) is 1. The van der Waals surface area contributed by atoms with E-state index in [4.69, 9.17) is 0 Å². The first-order valence-corrected chi connectivity index (χ1v) is 9.03. The van der Waals surface area contributed by atoms with E-state index in [-0.39, 0.29) is 17.2 Å². The van der Waals surface area contributed by atoms with E-state index in [2.05, 4.69) is 25.3 Å². The van der Waals surface area contributed by atoms with Crippen molar-refractivity contribution in [3.05, 3.63) is 60.4 Å². The summed E-state index contributed by atoms with van der Waals surface area (Å²) < 4.78 is 55.2. The number of alkyl halides is 3. The van der Waals surface area contributed by atoms with Crippen LogP contribution in [-0.2, 0) is 0 Å². The van der Waals surface area contributed by atoms with Crippen LogP contribution in [0.4, 0.5) is 35.0 Å². The fourth-order valence-corrected chi connectivity index (χ4v) is 2.62. The lowest BCUT2D eigenvalue weighted by molar-refractivity contribution is -0.274. The van der Waals surface area contributed by atoms with Gasteiger partial charge in [-0.3, -0.25) is 0 Å². The molecular formula is C21H20F4N4O. The molecule has 0 fully saturated rings. The second-order valence-corrected chi connectivity index (χ2v) is 7.55. The number of rotatable bonds is 5. The van der Waals surface area contributed by atoms with Crippen LogP contribution in [0.5, 0.6) is 5.75 Å². The van der Waals surface area contributed by atoms with Crippen molar-refractivity contribution in [1.29, 1.82) is 0 Å². The molecule has 3 rings (SSSR count). The summed E-state index contributed by atoms with van der Waals surface area (Å²) in [4.78, 5) is 8.80. The molecule has 0 radical (unpaired) electrons. The monoisotopic (exact) mass is 420 g/mol. The molecule has 3 aromatic rings. The van der Waals surface area contributed by atoms with Crippen molar-refractivity contribution in [2.75, 3.05) is 10.6 Å². The highest BCUT2D eigenvalue weighted by Crippen LogP contribution is 2.29. The second-order valence-electron chi connectivity index (χ2n) is 7.55. The van der Waals surface area contributed by atoms with Crippen LogP contribution in [0.15, 0.2) is 54.6 Å². The largest absolute Gasteiger partial charge is 0.573 e. The third-order valence-corrected chi connectivity index (χ3v) is 3.67. The number of hydrogen-bond acceptors (Lipinski definition) is 5. The average molecular weight is 420 g/mol. The van der Waals surface area contributed by atoms with Gasteiger partial charge in [0, 0.05) is 22.9 Å². The van der Waals surface area contributed by atoms with E-state index in [1.54, 1.807) is 24.3 Å². The number of nitrogens with one attached hydrogen (secondary N) is 2. The SMILES string of the molecule is CC(C)(C)Nc1nc(Nc2cccc(F)c2)cc(-c2cccc(OC(F)(F)F)c2)n1. The van der Waals surface area contributed by atoms with Crippen LogP contribution in [0.2, 0.25) is 0 Å². The average Bonchev–Trinajstić information content (AvgIpc) is 2.59. The molecule has 0 spiro atoms. The minimum Gasteiger partial charge on any atom is -0.406 e. The molecule has 158 valence electrons. The molecule has 0 atom stereocenters. The van der Waals surface area contributed by atoms with Gasteiger partial charge < -0.3 is 15.4 Å². The molecule has 5 nitrogen and oxygen atoms in total. The summed E-state index contributed by atoms with van der Waals surface area (Å²) in [5.74, 6) is -0.163. The zero-order chi connectivity index (χ0) is 21.9. The summed E-state index contributed by atoms with van der Waals surface area (Å²) >= 11 is 0. The van der Waals surface area contributed by atoms with Gasteiger partial charge in [0.2, 0.25) is 5.95 Å². The van der Waals surface area contributed by atoms with Gasteiger partial charge in [-0.25, -0.2) is 9.37 Å². The number of hydrogen-bond donors (Lipinski definition) is 2. The summed E-state index contributed by atoms with van der Waals surface area (Å²) in [6.07, 6.45) is -4.80. The molecule has 0 aliphatic rings. The van der Waals surface area contributed by atoms with E-state index in [1.165, 1.54) is 30.3 Å². The highest BCUT2D eigenvalue weighted by molar-refractivity contribution is 5.68. The minimum atomic E-state index is -4.80. The fraction of sp³-hybridized carbons (Fsp3) is 0.238. The first-order chi connectivity index (χ1) is 14.0. The van der Waals surface area contributed by atoms with Crippen LogP contribution >= 0.6 is 0 Å². The van der Waals surface area contributed by atoms with E-state index in [9.17, 15) is 17.6 Å². The maximum atomic E-state index is 13.5. The lowest BCUT2D eigenvalue weighted by Crippen LogP contribution is -2.27. The Morgan fingerprint density at radius 3 is 2.30 bits per heavy atom. The number of anilines is 3. The van der Waals surface area contributed by atoms with Crippen molar-refractivity contribution in [3.8, 4) is 17.0 Å². The van der Waals surface area contributed by atoms with Crippen molar-refractivity contribution in [2.45, 2.75) is 32.7 Å². The van der Waals surface area contributed by atoms with E-state index in [0.717, 1.165) is 0 Å². The zero-order valence-electron chi connectivity index (χ0n) is 16.5. The predicted molar refractivity (Wildman–Crippen MR) is 107 cm³/mol. The van der Waals surface area contributed by atoms with Gasteiger partial charge in [-0.15, -0.1) is 13.2 Å². The van der Waals surface area contributed by atoms with Crippen molar-refractivity contribution >= 4 is 17.5 Å². The third kappa shape index (κ3) is 6.33. The Kier molecular flexibility index (Phi) is 5.82. The van der Waals surface area contributed by atoms with E-state index >= 15 is 0 Å². The molecular weight excluding hydrogens is 400 g/mol. The molecule has 0 amide bonds. The minimum absolute atomic E-state index is 0.265. The zero-order valence-corrected chi connectivity index (χ0v) is 16.5. The normalized spacial score (nSPS) is 11.8. The number of halogens is 4. The Morgan fingerprint density at radius 1 is 0.900 bits per heavy atom. The molecule has 0 saturated carbocycles. The molecule has 0 aliphatic heterocycles. The molecule has 0 unspecified atom stereocenters. The van der Waals surface area contributed by atoms with Gasteiger partial charge in [0.25, 0.3) is 0 Å². The van der Waals surface area contributed by atoms with E-state index in [0.29, 0.717) is 22.8 Å². The number of benzene rings is 2. The van der Waals surface area contributed by atoms with Crippen molar-refractivity contribution in [3.63, 3.8) is 0 Å². The van der Waals surface area contributed by atoms with E-state index in [1.807, 2.05) is 20.8 Å². The Balaban J connectivity index is 2.01. The van der Waals surface area contributed by atoms with Crippen molar-refractivity contribution in [2.24, 2.45) is 0 Å². The third-order valence-electron chi connectivity index (χ3n) is 3.67. The van der Waals surface area contributed by atoms with Gasteiger partial charge in [-0.1, -0.05) is 18.2 Å². The van der Waals surface area contributed by atoms with Gasteiger partial charge in [-0.2, -0.15) is 4.98 Å². The number of aromatic nitrogens is 2. The quantitative estimate of drug-likeness (QED) is 0.486. The van der Waals surface area contributed by atoms with Gasteiger partial charge in [0.15, 0.2) is 0 Å². The Morgan fingerprint density at radius 2 is 1.63 bits per heavy atom. The first kappa shape index (κ1) is 21.4. The standard InChI is InChI=1S/C21H20F4N4O/c1-20(2,3)29-19-27-17(13-6-4-9-16(10-13)30-21(23,24)25)12-18(28-19)26-15-8-5-7-14(22)11-15/h4-12H,1-3H3,(H2,26,27,28,29). The lowest BCUT2D eigenvalue weighted by Gasteiger charge is -2.21.